The Kier molecular flexibility index (Phi) is 33.9. The molecule has 9 N–H and O–H groups in total. The predicted molar refractivity (Wildman–Crippen MR) is 63.6 cm³/mol. The highest BCUT2D eigenvalue weighted by molar-refractivity contribution is 7.80. The Bertz CT molecular complexity index is 276. The van der Waals surface area contributed by atoms with E-state index >= 15 is 0 Å². The van der Waals surface area contributed by atoms with Gasteiger partial charge in [-0.2, -0.15) is 8.42 Å². The zero-order valence-electron chi connectivity index (χ0n) is 10.3. The Balaban J connectivity index is -0.0000000604. The molecule has 0 saturated heterocycles. The van der Waals surface area contributed by atoms with Gasteiger partial charge in [0, 0.05) is 0 Å². The molecule has 0 aromatic rings. The zero-order valence-corrected chi connectivity index (χ0v) is 11.2. The maximum atomic E-state index is 10.1. The topological polar surface area (TPSA) is 255 Å². The highest BCUT2D eigenvalue weighted by Crippen LogP contribution is 1.82. The third-order valence-electron chi connectivity index (χ3n) is 0.125. The van der Waals surface area contributed by atoms with E-state index in [0.717, 1.165) is 0 Å². The quantitative estimate of drug-likeness (QED) is 0.0714. The number of hydrogen-bond acceptors (Lipinski definition) is 13. The fraction of sp³-hybridized carbons (Fsp3) is 0. The van der Waals surface area contributed by atoms with Crippen LogP contribution in [0.3, 0.4) is 0 Å². The van der Waals surface area contributed by atoms with Crippen LogP contribution in [0.2, 0.25) is 0 Å². The van der Waals surface area contributed by atoms with Crippen molar-refractivity contribution >= 4 is 40.0 Å². The van der Waals surface area contributed by atoms with Gasteiger partial charge in [0.2, 0.25) is 0 Å². The average Bonchev–Trinajstić information content (AvgIpc) is 2.09. The smallest absolute Gasteiger partial charge is 0.398 e. The molecule has 0 saturated carbocycles. The minimum Gasteiger partial charge on any atom is -0.398 e. The van der Waals surface area contributed by atoms with Gasteiger partial charge in [0.25, 0.3) is 0 Å². The Morgan fingerprint density at radius 3 is 0.826 bits per heavy atom. The van der Waals surface area contributed by atoms with Crippen molar-refractivity contribution < 1.29 is 74.7 Å². The van der Waals surface area contributed by atoms with Crippen molar-refractivity contribution in [1.29, 1.82) is 0 Å². The molecule has 0 aromatic heterocycles. The first kappa shape index (κ1) is 33.5. The molecule has 138 valence electrons. The second-order valence-corrected chi connectivity index (χ2v) is 2.82. The normalized spacial score (nSPS) is 7.87. The van der Waals surface area contributed by atoms with E-state index in [1.165, 1.54) is 5.34 Å². The van der Waals surface area contributed by atoms with Crippen LogP contribution in [0.4, 0.5) is 17.3 Å². The molecule has 0 aliphatic carbocycles. The Morgan fingerprint density at radius 2 is 0.826 bits per heavy atom. The maximum Gasteiger partial charge on any atom is 0.674 e. The van der Waals surface area contributed by atoms with Crippen molar-refractivity contribution in [3.63, 3.8) is 0 Å². The van der Waals surface area contributed by atoms with Gasteiger partial charge in [-0.3, -0.25) is 21.8 Å². The summed E-state index contributed by atoms with van der Waals surface area (Å²) in [6, 6.07) is 0. The third kappa shape index (κ3) is 856. The SMILES string of the molecule is O=NOS(=O)(=O)O.OB(O)F.OB(O)F.OB(O)F.OB(O)F. The van der Waals surface area contributed by atoms with Crippen LogP contribution < -0.4 is 0 Å². The van der Waals surface area contributed by atoms with E-state index in [-0.39, 0.29) is 0 Å². The van der Waals surface area contributed by atoms with Gasteiger partial charge in [-0.15, -0.1) is 4.91 Å². The van der Waals surface area contributed by atoms with E-state index in [1.807, 2.05) is 0 Å². The molecule has 0 unspecified atom stereocenters. The first-order chi connectivity index (χ1) is 9.99. The van der Waals surface area contributed by atoms with E-state index in [2.05, 4.69) is 4.28 Å². The lowest BCUT2D eigenvalue weighted by Crippen LogP contribution is -1.98. The number of hydrogen-bond donors (Lipinski definition) is 9. The van der Waals surface area contributed by atoms with E-state index in [0.29, 0.717) is 0 Å². The van der Waals surface area contributed by atoms with Crippen LogP contribution in [0.1, 0.15) is 0 Å². The largest absolute Gasteiger partial charge is 0.674 e. The molecule has 0 fully saturated rings. The molecule has 14 nitrogen and oxygen atoms in total. The van der Waals surface area contributed by atoms with Crippen molar-refractivity contribution in [1.82, 2.24) is 0 Å². The molecule has 0 bridgehead atoms. The van der Waals surface area contributed by atoms with Crippen LogP contribution in [-0.2, 0) is 14.7 Å². The highest BCUT2D eigenvalue weighted by Gasteiger charge is 2.01. The lowest BCUT2D eigenvalue weighted by Gasteiger charge is -1.80. The Labute approximate surface area is 126 Å². The van der Waals surface area contributed by atoms with E-state index in [4.69, 9.17) is 49.7 Å². The van der Waals surface area contributed by atoms with Crippen molar-refractivity contribution in [2.45, 2.75) is 0 Å². The molecule has 0 aliphatic rings. The monoisotopic (exact) mass is 383 g/mol. The van der Waals surface area contributed by atoms with Crippen LogP contribution in [0.15, 0.2) is 5.34 Å². The first-order valence-corrected chi connectivity index (χ1v) is 5.35. The summed E-state index contributed by atoms with van der Waals surface area (Å²) in [5.41, 5.74) is 0. The van der Waals surface area contributed by atoms with Crippen molar-refractivity contribution in [3.05, 3.63) is 4.91 Å². The molecular weight excluding hydrogens is 373 g/mol. The summed E-state index contributed by atoms with van der Waals surface area (Å²) >= 11 is 0. The van der Waals surface area contributed by atoms with Crippen LogP contribution in [0, 0.1) is 4.91 Å². The molecular formula is H9B4F4NO13S. The molecule has 0 radical (unpaired) electrons. The minimum atomic E-state index is -4.65. The standard InChI is InChI=1S/4BFH2O2.HNO5S/c4*2-1(3)4;2-1-6-7(3,4)5/h4*3-4H;(H,3,4,5). The van der Waals surface area contributed by atoms with Crippen LogP contribution >= 0.6 is 0 Å². The third-order valence-corrected chi connectivity index (χ3v) is 0.374. The van der Waals surface area contributed by atoms with E-state index < -0.39 is 40.0 Å². The summed E-state index contributed by atoms with van der Waals surface area (Å²) in [4.78, 5) is 8.81. The predicted octanol–water partition coefficient (Wildman–Crippen LogP) is -4.81. The van der Waals surface area contributed by atoms with Crippen molar-refractivity contribution in [2.75, 3.05) is 0 Å². The molecule has 0 heterocycles. The van der Waals surface area contributed by atoms with Gasteiger partial charge in [-0.05, 0) is 0 Å². The van der Waals surface area contributed by atoms with Gasteiger partial charge in [0.1, 0.15) is 0 Å². The van der Waals surface area contributed by atoms with Crippen LogP contribution in [0.25, 0.3) is 0 Å². The highest BCUT2D eigenvalue weighted by atomic mass is 32.3. The van der Waals surface area contributed by atoms with Gasteiger partial charge in [0.15, 0.2) is 5.34 Å². The average molecular weight is 382 g/mol. The van der Waals surface area contributed by atoms with Crippen molar-refractivity contribution in [3.8, 4) is 0 Å². The van der Waals surface area contributed by atoms with Gasteiger partial charge < -0.3 is 40.2 Å². The summed E-state index contributed by atoms with van der Waals surface area (Å²) in [7, 11) is -15.3. The van der Waals surface area contributed by atoms with Gasteiger partial charge in [-0.25, -0.2) is 4.28 Å². The van der Waals surface area contributed by atoms with Gasteiger partial charge in [0.05, 0.1) is 0 Å². The summed E-state index contributed by atoms with van der Waals surface area (Å²) in [6.45, 7) is 0. The Morgan fingerprint density at radius 1 is 0.696 bits per heavy atom. The fourth-order valence-electron chi connectivity index (χ4n) is 0.0385. The summed E-state index contributed by atoms with van der Waals surface area (Å²) < 4.78 is 69.3. The lowest BCUT2D eigenvalue weighted by molar-refractivity contribution is 0.278. The zero-order chi connectivity index (χ0) is 20.2. The summed E-state index contributed by atoms with van der Waals surface area (Å²) in [5.74, 6) is 0. The number of halogens is 4. The summed E-state index contributed by atoms with van der Waals surface area (Å²) in [5, 5.41) is 57.0. The number of rotatable bonds is 2. The van der Waals surface area contributed by atoms with Gasteiger partial charge >= 0.3 is 40.0 Å². The second kappa shape index (κ2) is 23.2. The van der Waals surface area contributed by atoms with Crippen LogP contribution in [-0.4, -0.2) is 82.7 Å². The van der Waals surface area contributed by atoms with E-state index in [9.17, 15) is 25.7 Å². The Hall–Kier alpha value is -1.03. The van der Waals surface area contributed by atoms with Gasteiger partial charge in [-0.1, -0.05) is 0 Å². The minimum absolute atomic E-state index is 1.42. The molecule has 0 aromatic carbocycles. The molecule has 0 atom stereocenters. The fourth-order valence-corrected chi connectivity index (χ4v) is 0.115. The molecule has 0 aliphatic heterocycles. The second-order valence-electron chi connectivity index (χ2n) is 1.82. The molecule has 23 heteroatoms. The maximum absolute atomic E-state index is 10.1. The van der Waals surface area contributed by atoms with E-state index in [1.54, 1.807) is 0 Å². The van der Waals surface area contributed by atoms with Crippen LogP contribution in [0.5, 0.6) is 0 Å². The number of nitrogens with zero attached hydrogens (tertiary/aromatic N) is 1. The molecule has 0 rings (SSSR count). The molecule has 23 heavy (non-hydrogen) atoms. The lowest BCUT2D eigenvalue weighted by atomic mass is 10.3. The molecule has 0 spiro atoms. The molecule has 0 amide bonds. The summed E-state index contributed by atoms with van der Waals surface area (Å²) in [6.07, 6.45) is 0. The first-order valence-electron chi connectivity index (χ1n) is 3.99. The van der Waals surface area contributed by atoms with Crippen molar-refractivity contribution in [2.24, 2.45) is 5.34 Å².